The van der Waals surface area contributed by atoms with Crippen LogP contribution in [-0.2, 0) is 9.53 Å². The first-order valence-electron chi connectivity index (χ1n) is 8.62. The Balaban J connectivity index is 2.84. The summed E-state index contributed by atoms with van der Waals surface area (Å²) >= 11 is 11.9. The van der Waals surface area contributed by atoms with Gasteiger partial charge in [-0.2, -0.15) is 13.2 Å². The van der Waals surface area contributed by atoms with E-state index in [-0.39, 0.29) is 30.1 Å². The first-order valence-corrected chi connectivity index (χ1v) is 9.69. The minimum Gasteiger partial charge on any atom is -0.444 e. The molecule has 28 heavy (non-hydrogen) atoms. The SMILES string of the molecule is CC(C)(C)OC(=O)NCC1=C[C@@H](CCl)[C@H](CCl)[C@H]1[C@H](O)CNC(=O)C(F)(F)F. The Morgan fingerprint density at radius 1 is 1.21 bits per heavy atom. The quantitative estimate of drug-likeness (QED) is 0.412. The second-order valence-corrected chi connectivity index (χ2v) is 8.15. The molecule has 0 bridgehead atoms. The molecule has 0 spiro atoms. The van der Waals surface area contributed by atoms with Gasteiger partial charge < -0.3 is 20.5 Å². The van der Waals surface area contributed by atoms with Crippen molar-refractivity contribution in [1.82, 2.24) is 10.6 Å². The number of nitrogens with one attached hydrogen (secondary N) is 2. The predicted octanol–water partition coefficient (Wildman–Crippen LogP) is 2.82. The van der Waals surface area contributed by atoms with Gasteiger partial charge in [0.25, 0.3) is 0 Å². The summed E-state index contributed by atoms with van der Waals surface area (Å²) in [6, 6.07) is 0. The average Bonchev–Trinajstić information content (AvgIpc) is 2.92. The number of carbonyl (C=O) groups is 2. The zero-order valence-corrected chi connectivity index (χ0v) is 17.3. The van der Waals surface area contributed by atoms with Crippen molar-refractivity contribution in [2.24, 2.45) is 17.8 Å². The van der Waals surface area contributed by atoms with Gasteiger partial charge in [0, 0.05) is 30.8 Å². The Morgan fingerprint density at radius 2 is 1.82 bits per heavy atom. The zero-order valence-electron chi connectivity index (χ0n) is 15.8. The van der Waals surface area contributed by atoms with Gasteiger partial charge in [-0.25, -0.2) is 4.79 Å². The summed E-state index contributed by atoms with van der Waals surface area (Å²) in [7, 11) is 0. The van der Waals surface area contributed by atoms with Crippen LogP contribution in [0.4, 0.5) is 18.0 Å². The van der Waals surface area contributed by atoms with Crippen LogP contribution >= 0.6 is 23.2 Å². The van der Waals surface area contributed by atoms with Gasteiger partial charge >= 0.3 is 18.2 Å². The fourth-order valence-corrected chi connectivity index (χ4v) is 3.78. The van der Waals surface area contributed by atoms with E-state index in [1.807, 2.05) is 0 Å². The van der Waals surface area contributed by atoms with E-state index in [0.29, 0.717) is 5.57 Å². The van der Waals surface area contributed by atoms with E-state index in [9.17, 15) is 27.9 Å². The van der Waals surface area contributed by atoms with Gasteiger partial charge in [-0.15, -0.1) is 23.2 Å². The van der Waals surface area contributed by atoms with Crippen LogP contribution in [0.25, 0.3) is 0 Å². The van der Waals surface area contributed by atoms with Gasteiger partial charge in [-0.3, -0.25) is 4.79 Å². The number of halogens is 5. The van der Waals surface area contributed by atoms with Crippen LogP contribution in [0.2, 0.25) is 0 Å². The van der Waals surface area contributed by atoms with Crippen molar-refractivity contribution >= 4 is 35.2 Å². The maximum atomic E-state index is 12.4. The Bertz CT molecular complexity index is 594. The fourth-order valence-electron chi connectivity index (χ4n) is 3.04. The number of ether oxygens (including phenoxy) is 1. The van der Waals surface area contributed by atoms with Crippen molar-refractivity contribution in [2.75, 3.05) is 24.8 Å². The summed E-state index contributed by atoms with van der Waals surface area (Å²) in [5.74, 6) is -3.12. The van der Waals surface area contributed by atoms with Crippen LogP contribution in [0.5, 0.6) is 0 Å². The molecule has 0 aromatic heterocycles. The number of hydrogen-bond acceptors (Lipinski definition) is 4. The number of amides is 2. The topological polar surface area (TPSA) is 87.7 Å². The molecule has 0 aliphatic heterocycles. The van der Waals surface area contributed by atoms with E-state index >= 15 is 0 Å². The van der Waals surface area contributed by atoms with E-state index in [0.717, 1.165) is 0 Å². The van der Waals surface area contributed by atoms with E-state index in [1.165, 1.54) is 0 Å². The van der Waals surface area contributed by atoms with Crippen LogP contribution in [-0.4, -0.2) is 59.8 Å². The Hall–Kier alpha value is -1.19. The zero-order chi connectivity index (χ0) is 21.7. The monoisotopic (exact) mass is 448 g/mol. The molecule has 4 atom stereocenters. The average molecular weight is 449 g/mol. The van der Waals surface area contributed by atoms with Crippen molar-refractivity contribution in [2.45, 2.75) is 38.7 Å². The highest BCUT2D eigenvalue weighted by Crippen LogP contribution is 2.40. The fraction of sp³-hybridized carbons (Fsp3) is 0.765. The van der Waals surface area contributed by atoms with Gasteiger partial charge in [0.1, 0.15) is 5.60 Å². The Labute approximate surface area is 171 Å². The van der Waals surface area contributed by atoms with Crippen LogP contribution < -0.4 is 10.6 Å². The van der Waals surface area contributed by atoms with Gasteiger partial charge in [0.15, 0.2) is 0 Å². The molecule has 1 aliphatic carbocycles. The van der Waals surface area contributed by atoms with Crippen molar-refractivity contribution in [3.05, 3.63) is 11.6 Å². The second kappa shape index (κ2) is 10.0. The van der Waals surface area contributed by atoms with Gasteiger partial charge in [0.05, 0.1) is 6.10 Å². The normalized spacial score (nSPS) is 23.8. The third-order valence-corrected chi connectivity index (χ3v) is 4.92. The van der Waals surface area contributed by atoms with E-state index in [2.05, 4.69) is 5.32 Å². The van der Waals surface area contributed by atoms with E-state index in [4.69, 9.17) is 27.9 Å². The van der Waals surface area contributed by atoms with Crippen LogP contribution in [0.3, 0.4) is 0 Å². The third-order valence-electron chi connectivity index (χ3n) is 4.20. The maximum Gasteiger partial charge on any atom is 0.471 e. The van der Waals surface area contributed by atoms with Gasteiger partial charge in [-0.1, -0.05) is 6.08 Å². The van der Waals surface area contributed by atoms with Crippen LogP contribution in [0.1, 0.15) is 20.8 Å². The molecule has 0 saturated heterocycles. The summed E-state index contributed by atoms with van der Waals surface area (Å²) in [6.07, 6.45) is -5.31. The second-order valence-electron chi connectivity index (χ2n) is 7.53. The highest BCUT2D eigenvalue weighted by Gasteiger charge is 2.42. The number of allylic oxidation sites excluding steroid dienone is 1. The molecule has 1 rings (SSSR count). The summed E-state index contributed by atoms with van der Waals surface area (Å²) in [5, 5.41) is 14.6. The number of rotatable bonds is 7. The number of aliphatic hydroxyl groups is 1. The third kappa shape index (κ3) is 7.33. The van der Waals surface area contributed by atoms with Crippen molar-refractivity contribution in [3.63, 3.8) is 0 Å². The van der Waals surface area contributed by atoms with Gasteiger partial charge in [-0.05, 0) is 38.2 Å². The smallest absolute Gasteiger partial charge is 0.444 e. The molecule has 11 heteroatoms. The molecule has 0 aromatic rings. The molecule has 162 valence electrons. The maximum absolute atomic E-state index is 12.4. The number of alkyl halides is 5. The molecule has 0 aromatic carbocycles. The molecule has 0 heterocycles. The number of alkyl carbamates (subject to hydrolysis) is 1. The molecular formula is C17H25Cl2F3N2O4. The lowest BCUT2D eigenvalue weighted by Crippen LogP contribution is -2.45. The molecule has 3 N–H and O–H groups in total. The van der Waals surface area contributed by atoms with Gasteiger partial charge in [0.2, 0.25) is 0 Å². The predicted molar refractivity (Wildman–Crippen MR) is 99.3 cm³/mol. The molecule has 0 saturated carbocycles. The lowest BCUT2D eigenvalue weighted by Gasteiger charge is -2.29. The highest BCUT2D eigenvalue weighted by atomic mass is 35.5. The van der Waals surface area contributed by atoms with Crippen molar-refractivity contribution < 1.29 is 32.6 Å². The number of hydrogen-bond donors (Lipinski definition) is 3. The molecular weight excluding hydrogens is 424 g/mol. The van der Waals surface area contributed by atoms with Crippen molar-refractivity contribution in [3.8, 4) is 0 Å². The standard InChI is InChI=1S/C17H25Cl2F3N2O4/c1-16(2,3)28-15(27)24-7-10-4-9(5-18)11(6-19)13(10)12(25)8-23-14(26)17(20,21)22/h4,9,11-13,25H,5-8H2,1-3H3,(H,23,26)(H,24,27)/t9-,11-,12+,13-/m0/s1. The molecule has 0 fully saturated rings. The lowest BCUT2D eigenvalue weighted by atomic mass is 9.84. The minimum absolute atomic E-state index is 0.00460. The Kier molecular flexibility index (Phi) is 8.90. The number of carbonyl (C=O) groups excluding carboxylic acids is 2. The summed E-state index contributed by atoms with van der Waals surface area (Å²) < 4.78 is 42.2. The number of aliphatic hydroxyl groups excluding tert-OH is 1. The first kappa shape index (κ1) is 24.8. The largest absolute Gasteiger partial charge is 0.471 e. The molecule has 0 unspecified atom stereocenters. The summed E-state index contributed by atoms with van der Waals surface area (Å²) in [4.78, 5) is 22.9. The van der Waals surface area contributed by atoms with E-state index < -0.39 is 42.3 Å². The molecule has 2 amide bonds. The lowest BCUT2D eigenvalue weighted by molar-refractivity contribution is -0.174. The summed E-state index contributed by atoms with van der Waals surface area (Å²) in [5.41, 5.74) is -0.136. The minimum atomic E-state index is -5.04. The van der Waals surface area contributed by atoms with E-state index in [1.54, 1.807) is 32.2 Å². The molecule has 1 aliphatic rings. The van der Waals surface area contributed by atoms with Crippen LogP contribution in [0, 0.1) is 17.8 Å². The molecule has 0 radical (unpaired) electrons. The highest BCUT2D eigenvalue weighted by molar-refractivity contribution is 6.19. The van der Waals surface area contributed by atoms with Crippen LogP contribution in [0.15, 0.2) is 11.6 Å². The summed E-state index contributed by atoms with van der Waals surface area (Å²) in [6.45, 7) is 4.49. The Morgan fingerprint density at radius 3 is 2.29 bits per heavy atom. The van der Waals surface area contributed by atoms with Crippen molar-refractivity contribution in [1.29, 1.82) is 0 Å². The first-order chi connectivity index (χ1) is 12.8. The molecule has 6 nitrogen and oxygen atoms in total.